The van der Waals surface area contributed by atoms with Crippen molar-refractivity contribution in [1.82, 2.24) is 0 Å². The van der Waals surface area contributed by atoms with Crippen LogP contribution in [0.5, 0.6) is 5.75 Å². The average molecular weight is 343 g/mol. The van der Waals surface area contributed by atoms with Gasteiger partial charge in [-0.25, -0.2) is 0 Å². The Morgan fingerprint density at radius 1 is 1.36 bits per heavy atom. The van der Waals surface area contributed by atoms with Crippen molar-refractivity contribution in [2.45, 2.75) is 46.6 Å². The Labute approximate surface area is 148 Å². The summed E-state index contributed by atoms with van der Waals surface area (Å²) in [7, 11) is 0. The predicted molar refractivity (Wildman–Crippen MR) is 96.1 cm³/mol. The van der Waals surface area contributed by atoms with Gasteiger partial charge in [-0.1, -0.05) is 13.8 Å². The van der Waals surface area contributed by atoms with E-state index in [4.69, 9.17) is 9.15 Å². The number of furan rings is 1. The van der Waals surface area contributed by atoms with Crippen LogP contribution in [0.2, 0.25) is 0 Å². The fourth-order valence-electron chi connectivity index (χ4n) is 3.49. The van der Waals surface area contributed by atoms with Crippen LogP contribution in [0.1, 0.15) is 60.7 Å². The molecule has 0 saturated carbocycles. The molecule has 1 aliphatic carbocycles. The van der Waals surface area contributed by atoms with E-state index in [1.165, 1.54) is 0 Å². The van der Waals surface area contributed by atoms with Gasteiger partial charge in [0.15, 0.2) is 5.76 Å². The van der Waals surface area contributed by atoms with Crippen molar-refractivity contribution in [2.75, 3.05) is 11.9 Å². The van der Waals surface area contributed by atoms with E-state index in [0.717, 1.165) is 29.1 Å². The summed E-state index contributed by atoms with van der Waals surface area (Å²) in [6.45, 7) is 8.54. The molecule has 3 rings (SSSR count). The van der Waals surface area contributed by atoms with Gasteiger partial charge in [-0.05, 0) is 49.9 Å². The number of fused-ring (bicyclic) bond motifs is 1. The van der Waals surface area contributed by atoms with E-state index in [2.05, 4.69) is 19.2 Å². The number of aliphatic hydroxyl groups is 1. The predicted octanol–water partition coefficient (Wildman–Crippen LogP) is 4.24. The van der Waals surface area contributed by atoms with Crippen LogP contribution in [-0.2, 0) is 6.42 Å². The van der Waals surface area contributed by atoms with E-state index >= 15 is 0 Å². The van der Waals surface area contributed by atoms with Crippen LogP contribution in [0.4, 0.5) is 5.69 Å². The van der Waals surface area contributed by atoms with Crippen molar-refractivity contribution >= 4 is 11.6 Å². The molecule has 1 aromatic heterocycles. The molecule has 2 aromatic rings. The fraction of sp³-hybridized carbons (Fsp3) is 0.450. The first-order valence-electron chi connectivity index (χ1n) is 8.65. The highest BCUT2D eigenvalue weighted by Gasteiger charge is 2.37. The lowest BCUT2D eigenvalue weighted by molar-refractivity contribution is 0.0910. The maximum atomic E-state index is 12.6. The zero-order valence-electron chi connectivity index (χ0n) is 15.2. The topological polar surface area (TPSA) is 71.7 Å². The molecular formula is C20H25NO4. The number of ether oxygens (including phenoxy) is 1. The van der Waals surface area contributed by atoms with Gasteiger partial charge < -0.3 is 19.6 Å². The van der Waals surface area contributed by atoms with Gasteiger partial charge in [-0.2, -0.15) is 0 Å². The molecule has 2 N–H and O–H groups in total. The van der Waals surface area contributed by atoms with Crippen LogP contribution in [0.3, 0.4) is 0 Å². The molecular weight excluding hydrogens is 318 g/mol. The number of hydrogen-bond acceptors (Lipinski definition) is 4. The standard InChI is InChI=1S/C20H25NO4/c1-5-24-14-8-6-13(7-9-14)21-19(23)18-12(2)17-15(22)10-20(3,4)11-16(17)25-18/h6-9,15,22H,5,10-11H2,1-4H3,(H,21,23). The Balaban J connectivity index is 1.81. The lowest BCUT2D eigenvalue weighted by Crippen LogP contribution is -2.24. The molecule has 1 unspecified atom stereocenters. The highest BCUT2D eigenvalue weighted by atomic mass is 16.5. The molecule has 1 atom stereocenters. The van der Waals surface area contributed by atoms with Crippen molar-refractivity contribution in [3.63, 3.8) is 0 Å². The zero-order chi connectivity index (χ0) is 18.2. The number of aliphatic hydroxyl groups excluding tert-OH is 1. The number of nitrogens with one attached hydrogen (secondary N) is 1. The number of amides is 1. The van der Waals surface area contributed by atoms with E-state index in [0.29, 0.717) is 18.7 Å². The Bertz CT molecular complexity index is 774. The first-order valence-corrected chi connectivity index (χ1v) is 8.65. The number of benzene rings is 1. The Kier molecular flexibility index (Phi) is 4.60. The van der Waals surface area contributed by atoms with Gasteiger partial charge in [0, 0.05) is 23.2 Å². The monoisotopic (exact) mass is 343 g/mol. The second-order valence-electron chi connectivity index (χ2n) is 7.37. The molecule has 1 aromatic carbocycles. The molecule has 1 aliphatic rings. The van der Waals surface area contributed by atoms with Gasteiger partial charge in [0.25, 0.3) is 5.91 Å². The third kappa shape index (κ3) is 3.56. The van der Waals surface area contributed by atoms with Crippen LogP contribution >= 0.6 is 0 Å². The average Bonchev–Trinajstić information content (AvgIpc) is 2.85. The molecule has 1 amide bonds. The Morgan fingerprint density at radius 3 is 2.68 bits per heavy atom. The molecule has 134 valence electrons. The lowest BCUT2D eigenvalue weighted by Gasteiger charge is -2.31. The number of rotatable bonds is 4. The van der Waals surface area contributed by atoms with Crippen LogP contribution in [0.25, 0.3) is 0 Å². The quantitative estimate of drug-likeness (QED) is 0.871. The molecule has 25 heavy (non-hydrogen) atoms. The minimum atomic E-state index is -0.588. The smallest absolute Gasteiger partial charge is 0.291 e. The number of anilines is 1. The van der Waals surface area contributed by atoms with E-state index in [1.807, 2.05) is 26.0 Å². The summed E-state index contributed by atoms with van der Waals surface area (Å²) >= 11 is 0. The van der Waals surface area contributed by atoms with Gasteiger partial charge in [0.1, 0.15) is 11.5 Å². The molecule has 5 nitrogen and oxygen atoms in total. The van der Waals surface area contributed by atoms with Gasteiger partial charge >= 0.3 is 0 Å². The SMILES string of the molecule is CCOc1ccc(NC(=O)c2oc3c(c2C)C(O)CC(C)(C)C3)cc1. The first-order chi connectivity index (χ1) is 11.8. The van der Waals surface area contributed by atoms with Crippen LogP contribution in [0.15, 0.2) is 28.7 Å². The molecule has 5 heteroatoms. The maximum absolute atomic E-state index is 12.6. The van der Waals surface area contributed by atoms with Gasteiger partial charge in [0.2, 0.25) is 0 Å². The van der Waals surface area contributed by atoms with Crippen molar-refractivity contribution in [2.24, 2.45) is 5.41 Å². The summed E-state index contributed by atoms with van der Waals surface area (Å²) in [5.74, 6) is 1.45. The minimum absolute atomic E-state index is 0.0421. The Hall–Kier alpha value is -2.27. The molecule has 0 aliphatic heterocycles. The second kappa shape index (κ2) is 6.56. The first kappa shape index (κ1) is 17.5. The molecule has 0 bridgehead atoms. The molecule has 1 heterocycles. The largest absolute Gasteiger partial charge is 0.494 e. The Morgan fingerprint density at radius 2 is 2.04 bits per heavy atom. The van der Waals surface area contributed by atoms with Crippen LogP contribution < -0.4 is 10.1 Å². The van der Waals surface area contributed by atoms with Crippen molar-refractivity contribution in [1.29, 1.82) is 0 Å². The van der Waals surface area contributed by atoms with E-state index in [9.17, 15) is 9.90 Å². The van der Waals surface area contributed by atoms with Crippen molar-refractivity contribution < 1.29 is 19.1 Å². The highest BCUT2D eigenvalue weighted by Crippen LogP contribution is 2.44. The molecule has 0 spiro atoms. The summed E-state index contributed by atoms with van der Waals surface area (Å²) in [6, 6.07) is 7.20. The lowest BCUT2D eigenvalue weighted by atomic mass is 9.75. The third-order valence-electron chi connectivity index (χ3n) is 4.62. The molecule has 0 radical (unpaired) electrons. The molecule has 0 fully saturated rings. The van der Waals surface area contributed by atoms with Gasteiger partial charge in [-0.3, -0.25) is 4.79 Å². The number of carbonyl (C=O) groups is 1. The van der Waals surface area contributed by atoms with E-state index in [1.54, 1.807) is 12.1 Å². The van der Waals surface area contributed by atoms with Gasteiger partial charge in [0.05, 0.1) is 12.7 Å². The second-order valence-corrected chi connectivity index (χ2v) is 7.37. The summed E-state index contributed by atoms with van der Waals surface area (Å²) in [5, 5.41) is 13.3. The minimum Gasteiger partial charge on any atom is -0.494 e. The molecule has 0 saturated heterocycles. The van der Waals surface area contributed by atoms with Crippen LogP contribution in [0, 0.1) is 12.3 Å². The van der Waals surface area contributed by atoms with Crippen LogP contribution in [-0.4, -0.2) is 17.6 Å². The summed E-state index contributed by atoms with van der Waals surface area (Å²) < 4.78 is 11.2. The normalized spacial score (nSPS) is 18.5. The number of carbonyl (C=O) groups excluding carboxylic acids is 1. The zero-order valence-corrected chi connectivity index (χ0v) is 15.2. The van der Waals surface area contributed by atoms with Crippen molar-refractivity contribution in [3.8, 4) is 5.75 Å². The maximum Gasteiger partial charge on any atom is 0.291 e. The van der Waals surface area contributed by atoms with Crippen molar-refractivity contribution in [3.05, 3.63) is 46.9 Å². The van der Waals surface area contributed by atoms with E-state index in [-0.39, 0.29) is 17.1 Å². The summed E-state index contributed by atoms with van der Waals surface area (Å²) in [4.78, 5) is 12.6. The fourth-order valence-corrected chi connectivity index (χ4v) is 3.49. The summed E-state index contributed by atoms with van der Waals surface area (Å²) in [5.41, 5.74) is 2.13. The van der Waals surface area contributed by atoms with E-state index < -0.39 is 6.10 Å². The highest BCUT2D eigenvalue weighted by molar-refractivity contribution is 6.03. The number of hydrogen-bond donors (Lipinski definition) is 2. The summed E-state index contributed by atoms with van der Waals surface area (Å²) in [6.07, 6.45) is 0.797. The third-order valence-corrected chi connectivity index (χ3v) is 4.62. The van der Waals surface area contributed by atoms with Gasteiger partial charge in [-0.15, -0.1) is 0 Å².